The van der Waals surface area contributed by atoms with Crippen LogP contribution >= 0.6 is 0 Å². The normalized spacial score (nSPS) is 10.4. The molecule has 2 aromatic rings. The Balaban J connectivity index is 2.15. The predicted octanol–water partition coefficient (Wildman–Crippen LogP) is 2.12. The molecule has 22 heavy (non-hydrogen) atoms. The van der Waals surface area contributed by atoms with E-state index < -0.39 is 0 Å². The van der Waals surface area contributed by atoms with E-state index in [1.807, 2.05) is 72.0 Å². The van der Waals surface area contributed by atoms with Gasteiger partial charge in [0.1, 0.15) is 18.8 Å². The number of imidazole rings is 1. The Morgan fingerprint density at radius 3 is 2.27 bits per heavy atom. The zero-order valence-corrected chi connectivity index (χ0v) is 12.5. The van der Waals surface area contributed by atoms with Gasteiger partial charge in [-0.3, -0.25) is 0 Å². The van der Waals surface area contributed by atoms with Gasteiger partial charge in [0.25, 0.3) is 0 Å². The number of hydrogen-bond donors (Lipinski definition) is 0. The van der Waals surface area contributed by atoms with Crippen LogP contribution in [0.25, 0.3) is 0 Å². The van der Waals surface area contributed by atoms with Gasteiger partial charge in [-0.1, -0.05) is 5.11 Å². The fourth-order valence-electron chi connectivity index (χ4n) is 1.96. The number of nitriles is 2. The number of hydrogen-bond acceptors (Lipinski definition) is 5. The van der Waals surface area contributed by atoms with Crippen LogP contribution in [0, 0.1) is 22.7 Å². The predicted molar refractivity (Wildman–Crippen MR) is 80.6 cm³/mol. The minimum Gasteiger partial charge on any atom is -0.345 e. The summed E-state index contributed by atoms with van der Waals surface area (Å²) in [6.07, 6.45) is 3.80. The highest BCUT2D eigenvalue weighted by Gasteiger charge is 2.10. The number of benzene rings is 1. The van der Waals surface area contributed by atoms with Gasteiger partial charge in [0, 0.05) is 10.8 Å². The fourth-order valence-corrected chi connectivity index (χ4v) is 1.96. The van der Waals surface area contributed by atoms with Gasteiger partial charge in [-0.05, 0) is 24.3 Å². The molecule has 0 bridgehead atoms. The summed E-state index contributed by atoms with van der Waals surface area (Å²) in [6.45, 7) is 0.348. The van der Waals surface area contributed by atoms with E-state index in [-0.39, 0.29) is 13.1 Å². The first kappa shape index (κ1) is 15.2. The van der Waals surface area contributed by atoms with E-state index in [9.17, 15) is 0 Å². The zero-order chi connectivity index (χ0) is 15.9. The van der Waals surface area contributed by atoms with Crippen LogP contribution in [0.5, 0.6) is 0 Å². The first-order chi connectivity index (χ1) is 10.7. The van der Waals surface area contributed by atoms with Crippen LogP contribution in [0.2, 0.25) is 0 Å². The van der Waals surface area contributed by atoms with Crippen LogP contribution in [0.3, 0.4) is 0 Å². The van der Waals surface area contributed by atoms with Gasteiger partial charge in [0.2, 0.25) is 0 Å². The first-order valence-corrected chi connectivity index (χ1v) is 6.67. The SMILES string of the molecule is Cn1cc[n+](C)c1N=Nc1ccc(N(CC#N)CC#N)cc1. The molecule has 0 N–H and O–H groups in total. The van der Waals surface area contributed by atoms with Crippen molar-refractivity contribution < 1.29 is 4.57 Å². The second kappa shape index (κ2) is 7.00. The van der Waals surface area contributed by atoms with Gasteiger partial charge in [-0.2, -0.15) is 10.5 Å². The van der Waals surface area contributed by atoms with E-state index in [4.69, 9.17) is 10.5 Å². The zero-order valence-electron chi connectivity index (χ0n) is 12.5. The Bertz CT molecular complexity index is 708. The second-order valence-corrected chi connectivity index (χ2v) is 4.71. The Labute approximate surface area is 129 Å². The van der Waals surface area contributed by atoms with Crippen LogP contribution in [0.4, 0.5) is 17.3 Å². The number of rotatable bonds is 5. The van der Waals surface area contributed by atoms with Crippen LogP contribution < -0.4 is 9.47 Å². The monoisotopic (exact) mass is 294 g/mol. The van der Waals surface area contributed by atoms with Crippen LogP contribution in [-0.2, 0) is 14.1 Å². The summed E-state index contributed by atoms with van der Waals surface area (Å²) in [7, 11) is 3.80. The Morgan fingerprint density at radius 1 is 1.14 bits per heavy atom. The third-order valence-electron chi connectivity index (χ3n) is 3.14. The van der Waals surface area contributed by atoms with Crippen molar-refractivity contribution in [3.05, 3.63) is 36.7 Å². The lowest BCUT2D eigenvalue weighted by Crippen LogP contribution is -2.25. The van der Waals surface area contributed by atoms with E-state index in [1.54, 1.807) is 4.90 Å². The van der Waals surface area contributed by atoms with Gasteiger partial charge >= 0.3 is 5.95 Å². The lowest BCUT2D eigenvalue weighted by molar-refractivity contribution is -0.657. The smallest absolute Gasteiger partial charge is 0.345 e. The summed E-state index contributed by atoms with van der Waals surface area (Å²) in [6, 6.07) is 11.4. The molecule has 0 spiro atoms. The molecule has 0 saturated heterocycles. The fraction of sp³-hybridized carbons (Fsp3) is 0.267. The third kappa shape index (κ3) is 3.47. The van der Waals surface area contributed by atoms with Gasteiger partial charge in [0.05, 0.1) is 38.6 Å². The molecule has 0 amide bonds. The molecule has 0 radical (unpaired) electrons. The summed E-state index contributed by atoms with van der Waals surface area (Å²) in [4.78, 5) is 1.69. The molecule has 0 saturated carbocycles. The van der Waals surface area contributed by atoms with Gasteiger partial charge in [0.15, 0.2) is 0 Å². The third-order valence-corrected chi connectivity index (χ3v) is 3.14. The molecule has 1 aromatic heterocycles. The Morgan fingerprint density at radius 2 is 1.77 bits per heavy atom. The highest BCUT2D eigenvalue weighted by atomic mass is 15.3. The van der Waals surface area contributed by atoms with Crippen molar-refractivity contribution in [3.8, 4) is 12.1 Å². The van der Waals surface area contributed by atoms with Gasteiger partial charge in [-0.25, -0.2) is 9.13 Å². The van der Waals surface area contributed by atoms with E-state index in [2.05, 4.69) is 10.2 Å². The van der Waals surface area contributed by atoms with Crippen LogP contribution in [0.1, 0.15) is 0 Å². The largest absolute Gasteiger partial charge is 0.421 e. The number of aryl methyl sites for hydroxylation is 2. The molecule has 0 atom stereocenters. The van der Waals surface area contributed by atoms with Crippen molar-refractivity contribution in [2.24, 2.45) is 24.3 Å². The number of nitrogens with zero attached hydrogens (tertiary/aromatic N) is 7. The maximum Gasteiger partial charge on any atom is 0.421 e. The van der Waals surface area contributed by atoms with Gasteiger partial charge in [-0.15, -0.1) is 0 Å². The minimum absolute atomic E-state index is 0.174. The van der Waals surface area contributed by atoms with Gasteiger partial charge < -0.3 is 4.90 Å². The van der Waals surface area contributed by atoms with Crippen molar-refractivity contribution in [3.63, 3.8) is 0 Å². The maximum atomic E-state index is 8.78. The molecular formula is C15H16N7+. The van der Waals surface area contributed by atoms with Crippen molar-refractivity contribution >= 4 is 17.3 Å². The van der Waals surface area contributed by atoms with E-state index in [1.165, 1.54) is 0 Å². The molecule has 0 aliphatic heterocycles. The van der Waals surface area contributed by atoms with Crippen molar-refractivity contribution in [2.45, 2.75) is 0 Å². The number of anilines is 1. The molecule has 1 heterocycles. The molecule has 7 nitrogen and oxygen atoms in total. The maximum absolute atomic E-state index is 8.78. The Hall–Kier alpha value is -3.19. The molecule has 0 aliphatic rings. The standard InChI is InChI=1S/C15H16N7/c1-20-11-12-21(2)15(20)19-18-13-3-5-14(6-4-13)22(9-7-16)10-8-17/h3-6,11-12H,9-10H2,1-2H3/q+1. The lowest BCUT2D eigenvalue weighted by Gasteiger charge is -2.17. The first-order valence-electron chi connectivity index (χ1n) is 6.67. The highest BCUT2D eigenvalue weighted by molar-refractivity contribution is 5.53. The second-order valence-electron chi connectivity index (χ2n) is 4.71. The van der Waals surface area contributed by atoms with E-state index in [0.717, 1.165) is 11.6 Å². The topological polar surface area (TPSA) is 84.3 Å². The molecule has 0 fully saturated rings. The molecule has 110 valence electrons. The molecule has 0 aliphatic carbocycles. The molecule has 1 aromatic carbocycles. The average Bonchev–Trinajstić information content (AvgIpc) is 2.84. The minimum atomic E-state index is 0.174. The number of azo groups is 1. The van der Waals surface area contributed by atoms with Crippen LogP contribution in [-0.4, -0.2) is 17.7 Å². The summed E-state index contributed by atoms with van der Waals surface area (Å²) >= 11 is 0. The van der Waals surface area contributed by atoms with E-state index >= 15 is 0 Å². The number of aromatic nitrogens is 2. The molecule has 0 unspecified atom stereocenters. The quantitative estimate of drug-likeness (QED) is 0.481. The van der Waals surface area contributed by atoms with Crippen molar-refractivity contribution in [1.29, 1.82) is 10.5 Å². The van der Waals surface area contributed by atoms with Crippen LogP contribution in [0.15, 0.2) is 46.9 Å². The van der Waals surface area contributed by atoms with Crippen molar-refractivity contribution in [2.75, 3.05) is 18.0 Å². The summed E-state index contributed by atoms with van der Waals surface area (Å²) in [5.74, 6) is 0.736. The Kier molecular flexibility index (Phi) is 4.84. The molecule has 7 heteroatoms. The summed E-state index contributed by atoms with van der Waals surface area (Å²) in [5.41, 5.74) is 1.52. The van der Waals surface area contributed by atoms with E-state index in [0.29, 0.717) is 5.69 Å². The average molecular weight is 294 g/mol. The molecular weight excluding hydrogens is 278 g/mol. The summed E-state index contributed by atoms with van der Waals surface area (Å²) < 4.78 is 3.75. The molecule has 2 rings (SSSR count). The lowest BCUT2D eigenvalue weighted by atomic mass is 10.2. The van der Waals surface area contributed by atoms with Crippen molar-refractivity contribution in [1.82, 2.24) is 4.57 Å². The summed E-state index contributed by atoms with van der Waals surface area (Å²) in [5, 5.41) is 26.0. The highest BCUT2D eigenvalue weighted by Crippen LogP contribution is 2.21.